The molecule has 0 radical (unpaired) electrons. The number of hydrogen-bond donors (Lipinski definition) is 0. The number of benzene rings is 7. The Labute approximate surface area is 292 Å². The number of para-hydroxylation sites is 2. The maximum Gasteiger partial charge on any atom is 0.194 e. The van der Waals surface area contributed by atoms with Crippen LogP contribution in [0.15, 0.2) is 164 Å². The van der Waals surface area contributed by atoms with Gasteiger partial charge in [0, 0.05) is 11.4 Å². The van der Waals surface area contributed by atoms with Gasteiger partial charge in [0.2, 0.25) is 0 Å². The first-order chi connectivity index (χ1) is 24.7. The molecule has 3 nitrogen and oxygen atoms in total. The van der Waals surface area contributed by atoms with Crippen LogP contribution in [0.5, 0.6) is 23.0 Å². The molecule has 0 amide bonds. The maximum absolute atomic E-state index is 7.06. The smallest absolute Gasteiger partial charge is 0.194 e. The molecule has 0 atom stereocenters. The van der Waals surface area contributed by atoms with Crippen molar-refractivity contribution in [3.05, 3.63) is 192 Å². The first-order valence-electron chi connectivity index (χ1n) is 17.2. The lowest BCUT2D eigenvalue weighted by molar-refractivity contribution is 0.360. The van der Waals surface area contributed by atoms with Gasteiger partial charge in [0.25, 0.3) is 0 Å². The lowest BCUT2D eigenvalue weighted by Crippen LogP contribution is -2.25. The van der Waals surface area contributed by atoms with Gasteiger partial charge < -0.3 is 14.4 Å². The van der Waals surface area contributed by atoms with Crippen molar-refractivity contribution in [2.24, 2.45) is 0 Å². The van der Waals surface area contributed by atoms with Crippen molar-refractivity contribution in [2.75, 3.05) is 4.90 Å². The van der Waals surface area contributed by atoms with E-state index >= 15 is 0 Å². The third-order valence-corrected chi connectivity index (χ3v) is 10.7. The molecule has 1 aliphatic heterocycles. The zero-order valence-corrected chi connectivity index (χ0v) is 27.9. The van der Waals surface area contributed by atoms with E-state index in [9.17, 15) is 0 Å². The molecule has 0 saturated heterocycles. The van der Waals surface area contributed by atoms with Crippen LogP contribution in [0, 0.1) is 0 Å². The van der Waals surface area contributed by atoms with E-state index in [0.717, 1.165) is 22.8 Å². The van der Waals surface area contributed by atoms with Crippen molar-refractivity contribution in [2.45, 2.75) is 19.3 Å². The molecular weight excluding hydrogens is 611 g/mol. The summed E-state index contributed by atoms with van der Waals surface area (Å²) in [4.78, 5) is 2.26. The van der Waals surface area contributed by atoms with E-state index in [2.05, 4.69) is 164 Å². The highest BCUT2D eigenvalue weighted by molar-refractivity contribution is 5.96. The van der Waals surface area contributed by atoms with Gasteiger partial charge in [0.05, 0.1) is 11.1 Å². The first-order valence-corrected chi connectivity index (χ1v) is 17.2. The summed E-state index contributed by atoms with van der Waals surface area (Å²) in [5, 5.41) is 0. The van der Waals surface area contributed by atoms with Gasteiger partial charge in [-0.05, 0) is 118 Å². The molecule has 2 aliphatic carbocycles. The van der Waals surface area contributed by atoms with Crippen LogP contribution in [-0.2, 0) is 5.41 Å². The van der Waals surface area contributed by atoms with Crippen molar-refractivity contribution in [1.82, 2.24) is 0 Å². The molecule has 0 aromatic heterocycles. The molecule has 3 aliphatic rings. The van der Waals surface area contributed by atoms with Crippen molar-refractivity contribution >= 4 is 22.6 Å². The quantitative estimate of drug-likeness (QED) is 0.190. The maximum atomic E-state index is 7.06. The lowest BCUT2D eigenvalue weighted by atomic mass is 9.70. The summed E-state index contributed by atoms with van der Waals surface area (Å²) >= 11 is 0. The zero-order chi connectivity index (χ0) is 33.4. The second kappa shape index (κ2) is 10.8. The lowest BCUT2D eigenvalue weighted by Gasteiger charge is -2.32. The normalized spacial score (nSPS) is 14.0. The third-order valence-electron chi connectivity index (χ3n) is 10.7. The molecule has 7 aromatic rings. The summed E-state index contributed by atoms with van der Waals surface area (Å²) in [5.74, 6) is 2.81. The molecule has 3 heteroatoms. The number of nitrogens with zero attached hydrogens (tertiary/aromatic N) is 1. The van der Waals surface area contributed by atoms with Crippen molar-refractivity contribution in [1.29, 1.82) is 0 Å². The second-order valence-corrected chi connectivity index (χ2v) is 13.2. The van der Waals surface area contributed by atoms with Crippen LogP contribution in [0.2, 0.25) is 0 Å². The monoisotopic (exact) mass is 643 g/mol. The van der Waals surface area contributed by atoms with Crippen molar-refractivity contribution in [3.8, 4) is 45.3 Å². The minimum atomic E-state index is -0.460. The number of anilines is 3. The van der Waals surface area contributed by atoms with Crippen molar-refractivity contribution in [3.63, 3.8) is 0 Å². The number of ether oxygens (including phenoxy) is 2. The Hall–Kier alpha value is -6.32. The average molecular weight is 644 g/mol. The molecule has 0 fully saturated rings. The van der Waals surface area contributed by atoms with Crippen LogP contribution in [-0.4, -0.2) is 0 Å². The topological polar surface area (TPSA) is 21.7 Å². The van der Waals surface area contributed by atoms with E-state index < -0.39 is 5.41 Å². The highest BCUT2D eigenvalue weighted by atomic mass is 16.6. The number of rotatable bonds is 4. The minimum absolute atomic E-state index is 0.460. The van der Waals surface area contributed by atoms with Crippen LogP contribution >= 0.6 is 0 Å². The molecule has 1 heterocycles. The van der Waals surface area contributed by atoms with E-state index in [1.54, 1.807) is 0 Å². The van der Waals surface area contributed by atoms with E-state index in [1.807, 2.05) is 18.2 Å². The van der Waals surface area contributed by atoms with Crippen LogP contribution in [0.3, 0.4) is 0 Å². The molecular formula is C47H33NO2. The fraction of sp³-hybridized carbons (Fsp3) is 0.0638. The molecule has 0 saturated carbocycles. The molecule has 0 unspecified atom stereocenters. The van der Waals surface area contributed by atoms with Crippen molar-refractivity contribution < 1.29 is 9.47 Å². The SMILES string of the molecule is C/C=C(\C)c1cccc(N(c2ccccc2)c2cccc3c2Oc2cc4c(cc2O3)-c2ccccc2C42c3ccccc3-c3ccccc32)c1. The van der Waals surface area contributed by atoms with Crippen LogP contribution in [0.4, 0.5) is 17.1 Å². The van der Waals surface area contributed by atoms with Gasteiger partial charge in [-0.1, -0.05) is 115 Å². The number of hydrogen-bond acceptors (Lipinski definition) is 3. The van der Waals surface area contributed by atoms with Gasteiger partial charge in [-0.15, -0.1) is 0 Å². The van der Waals surface area contributed by atoms with E-state index in [4.69, 9.17) is 9.47 Å². The van der Waals surface area contributed by atoms with E-state index in [-0.39, 0.29) is 0 Å². The van der Waals surface area contributed by atoms with Crippen LogP contribution in [0.1, 0.15) is 41.7 Å². The largest absolute Gasteiger partial charge is 0.449 e. The third kappa shape index (κ3) is 3.92. The van der Waals surface area contributed by atoms with E-state index in [0.29, 0.717) is 17.2 Å². The summed E-state index contributed by atoms with van der Waals surface area (Å²) in [5.41, 5.74) is 15.0. The van der Waals surface area contributed by atoms with E-state index in [1.165, 1.54) is 55.6 Å². The molecule has 50 heavy (non-hydrogen) atoms. The molecule has 10 rings (SSSR count). The molecule has 7 aromatic carbocycles. The average Bonchev–Trinajstić information content (AvgIpc) is 3.63. The summed E-state index contributed by atoms with van der Waals surface area (Å²) in [7, 11) is 0. The predicted octanol–water partition coefficient (Wildman–Crippen LogP) is 12.8. The van der Waals surface area contributed by atoms with Gasteiger partial charge >= 0.3 is 0 Å². The Bertz CT molecular complexity index is 2480. The first kappa shape index (κ1) is 28.7. The van der Waals surface area contributed by atoms with Crippen LogP contribution in [0.25, 0.3) is 27.8 Å². The minimum Gasteiger partial charge on any atom is -0.449 e. The Morgan fingerprint density at radius 2 is 1.08 bits per heavy atom. The summed E-state index contributed by atoms with van der Waals surface area (Å²) in [6, 6.07) is 56.3. The van der Waals surface area contributed by atoms with Gasteiger partial charge in [-0.2, -0.15) is 0 Å². The van der Waals surface area contributed by atoms with Gasteiger partial charge in [-0.25, -0.2) is 0 Å². The predicted molar refractivity (Wildman–Crippen MR) is 203 cm³/mol. The summed E-state index contributed by atoms with van der Waals surface area (Å²) in [6.45, 7) is 4.23. The Morgan fingerprint density at radius 3 is 1.76 bits per heavy atom. The Morgan fingerprint density at radius 1 is 0.500 bits per heavy atom. The molecule has 1 spiro atoms. The molecule has 0 N–H and O–H groups in total. The molecule has 0 bridgehead atoms. The number of allylic oxidation sites excluding steroid dienone is 2. The standard InChI is InChI=1S/C47H33NO2/c1-3-30(2)31-15-13-18-33(27-31)48(32-16-5-4-6-17-32)42-25-14-26-43-46(42)50-45-29-41-37(28-44(45)49-43)36-21-9-12-24-40(36)47(41)38-22-10-7-19-34(38)35-20-8-11-23-39(35)47/h3-29H,1-2H3/b30-3+. The molecule has 238 valence electrons. The van der Waals surface area contributed by atoms with Gasteiger partial charge in [0.15, 0.2) is 23.0 Å². The summed E-state index contributed by atoms with van der Waals surface area (Å²) in [6.07, 6.45) is 2.15. The highest BCUT2D eigenvalue weighted by Gasteiger charge is 2.52. The summed E-state index contributed by atoms with van der Waals surface area (Å²) < 4.78 is 13.8. The highest BCUT2D eigenvalue weighted by Crippen LogP contribution is 2.65. The van der Waals surface area contributed by atoms with Crippen LogP contribution < -0.4 is 14.4 Å². The van der Waals surface area contributed by atoms with Gasteiger partial charge in [0.1, 0.15) is 0 Å². The number of fused-ring (bicyclic) bond motifs is 12. The zero-order valence-electron chi connectivity index (χ0n) is 27.9. The Balaban J connectivity index is 1.17. The second-order valence-electron chi connectivity index (χ2n) is 13.2. The Kier molecular flexibility index (Phi) is 6.22. The van der Waals surface area contributed by atoms with Gasteiger partial charge in [-0.3, -0.25) is 0 Å². The fourth-order valence-electron chi connectivity index (χ4n) is 8.41. The fourth-order valence-corrected chi connectivity index (χ4v) is 8.41.